The molecule has 0 aliphatic rings. The van der Waals surface area contributed by atoms with Gasteiger partial charge in [0.05, 0.1) is 6.04 Å². The SMILES string of the molecule is CCCNC(c1ccc(COC)o1)C(C)CCC. The van der Waals surface area contributed by atoms with Gasteiger partial charge in [-0.1, -0.05) is 27.2 Å². The molecule has 1 heterocycles. The van der Waals surface area contributed by atoms with E-state index in [1.165, 1.54) is 12.8 Å². The first kappa shape index (κ1) is 15.3. The van der Waals surface area contributed by atoms with Gasteiger partial charge in [0, 0.05) is 7.11 Å². The third-order valence-corrected chi connectivity index (χ3v) is 3.20. The minimum atomic E-state index is 0.315. The molecule has 2 atom stereocenters. The smallest absolute Gasteiger partial charge is 0.129 e. The standard InChI is InChI=1S/C15H27NO2/c1-5-7-12(3)15(16-10-6-2)14-9-8-13(18-14)11-17-4/h8-9,12,15-16H,5-7,10-11H2,1-4H3. The highest BCUT2D eigenvalue weighted by Gasteiger charge is 2.21. The first-order valence-electron chi connectivity index (χ1n) is 7.03. The first-order valence-corrected chi connectivity index (χ1v) is 7.03. The Bertz CT molecular complexity index is 322. The molecule has 0 aromatic carbocycles. The van der Waals surface area contributed by atoms with E-state index in [1.807, 2.05) is 6.07 Å². The van der Waals surface area contributed by atoms with Gasteiger partial charge in [-0.2, -0.15) is 0 Å². The van der Waals surface area contributed by atoms with Crippen LogP contribution in [0.2, 0.25) is 0 Å². The number of methoxy groups -OCH3 is 1. The fourth-order valence-electron chi connectivity index (χ4n) is 2.29. The molecular formula is C15H27NO2. The summed E-state index contributed by atoms with van der Waals surface area (Å²) in [7, 11) is 1.69. The molecule has 0 spiro atoms. The average molecular weight is 253 g/mol. The van der Waals surface area contributed by atoms with Crippen molar-refractivity contribution in [1.82, 2.24) is 5.32 Å². The summed E-state index contributed by atoms with van der Waals surface area (Å²) in [5, 5.41) is 3.59. The third-order valence-electron chi connectivity index (χ3n) is 3.20. The molecule has 0 radical (unpaired) electrons. The molecule has 0 aliphatic carbocycles. The van der Waals surface area contributed by atoms with Crippen molar-refractivity contribution in [2.45, 2.75) is 52.7 Å². The molecule has 0 amide bonds. The summed E-state index contributed by atoms with van der Waals surface area (Å²) >= 11 is 0. The van der Waals surface area contributed by atoms with Crippen molar-refractivity contribution in [1.29, 1.82) is 0 Å². The Balaban J connectivity index is 2.72. The lowest BCUT2D eigenvalue weighted by molar-refractivity contribution is 0.159. The van der Waals surface area contributed by atoms with E-state index >= 15 is 0 Å². The molecule has 1 aromatic rings. The van der Waals surface area contributed by atoms with Crippen LogP contribution in [0.3, 0.4) is 0 Å². The molecule has 0 aliphatic heterocycles. The topological polar surface area (TPSA) is 34.4 Å². The highest BCUT2D eigenvalue weighted by Crippen LogP contribution is 2.27. The van der Waals surface area contributed by atoms with Gasteiger partial charge in [-0.3, -0.25) is 0 Å². The van der Waals surface area contributed by atoms with Gasteiger partial charge in [0.1, 0.15) is 18.1 Å². The van der Waals surface area contributed by atoms with Crippen molar-refractivity contribution >= 4 is 0 Å². The fraction of sp³-hybridized carbons (Fsp3) is 0.733. The van der Waals surface area contributed by atoms with Gasteiger partial charge >= 0.3 is 0 Å². The van der Waals surface area contributed by atoms with Crippen molar-refractivity contribution in [3.8, 4) is 0 Å². The van der Waals surface area contributed by atoms with E-state index < -0.39 is 0 Å². The molecule has 2 unspecified atom stereocenters. The molecule has 0 saturated carbocycles. The van der Waals surface area contributed by atoms with E-state index in [2.05, 4.69) is 32.2 Å². The molecule has 3 heteroatoms. The van der Waals surface area contributed by atoms with E-state index in [9.17, 15) is 0 Å². The van der Waals surface area contributed by atoms with E-state index in [4.69, 9.17) is 9.15 Å². The van der Waals surface area contributed by atoms with Crippen molar-refractivity contribution in [3.05, 3.63) is 23.7 Å². The molecule has 1 aromatic heterocycles. The molecular weight excluding hydrogens is 226 g/mol. The maximum Gasteiger partial charge on any atom is 0.129 e. The average Bonchev–Trinajstić information content (AvgIpc) is 2.79. The van der Waals surface area contributed by atoms with Crippen LogP contribution in [-0.4, -0.2) is 13.7 Å². The van der Waals surface area contributed by atoms with E-state index in [0.29, 0.717) is 18.6 Å². The number of nitrogens with one attached hydrogen (secondary N) is 1. The Hall–Kier alpha value is -0.800. The Morgan fingerprint density at radius 3 is 2.67 bits per heavy atom. The van der Waals surface area contributed by atoms with Crippen LogP contribution in [0.1, 0.15) is 57.6 Å². The second kappa shape index (κ2) is 8.33. The number of ether oxygens (including phenoxy) is 1. The molecule has 1 rings (SSSR count). The van der Waals surface area contributed by atoms with Crippen LogP contribution in [0.5, 0.6) is 0 Å². The van der Waals surface area contributed by atoms with E-state index in [-0.39, 0.29) is 0 Å². The van der Waals surface area contributed by atoms with Crippen LogP contribution in [0.15, 0.2) is 16.5 Å². The molecule has 18 heavy (non-hydrogen) atoms. The fourth-order valence-corrected chi connectivity index (χ4v) is 2.29. The van der Waals surface area contributed by atoms with Crippen molar-refractivity contribution in [3.63, 3.8) is 0 Å². The Morgan fingerprint density at radius 2 is 2.06 bits per heavy atom. The lowest BCUT2D eigenvalue weighted by Gasteiger charge is -2.23. The number of hydrogen-bond acceptors (Lipinski definition) is 3. The maximum absolute atomic E-state index is 5.86. The van der Waals surface area contributed by atoms with Gasteiger partial charge in [0.25, 0.3) is 0 Å². The normalized spacial score (nSPS) is 14.7. The van der Waals surface area contributed by atoms with Crippen molar-refractivity contribution < 1.29 is 9.15 Å². The first-order chi connectivity index (χ1) is 8.72. The van der Waals surface area contributed by atoms with E-state index in [0.717, 1.165) is 24.5 Å². The van der Waals surface area contributed by atoms with Gasteiger partial charge in [-0.15, -0.1) is 0 Å². The van der Waals surface area contributed by atoms with Gasteiger partial charge < -0.3 is 14.5 Å². The number of rotatable bonds is 9. The number of hydrogen-bond donors (Lipinski definition) is 1. The summed E-state index contributed by atoms with van der Waals surface area (Å²) in [5.74, 6) is 2.53. The minimum Gasteiger partial charge on any atom is -0.462 e. The number of furan rings is 1. The van der Waals surface area contributed by atoms with Gasteiger partial charge in [0.2, 0.25) is 0 Å². The van der Waals surface area contributed by atoms with Gasteiger partial charge in [-0.05, 0) is 37.4 Å². The van der Waals surface area contributed by atoms with Crippen LogP contribution in [0.4, 0.5) is 0 Å². The van der Waals surface area contributed by atoms with Crippen molar-refractivity contribution in [2.75, 3.05) is 13.7 Å². The lowest BCUT2D eigenvalue weighted by atomic mass is 9.95. The highest BCUT2D eigenvalue weighted by molar-refractivity contribution is 5.11. The summed E-state index contributed by atoms with van der Waals surface area (Å²) in [6, 6.07) is 4.40. The molecule has 104 valence electrons. The quantitative estimate of drug-likeness (QED) is 0.724. The largest absolute Gasteiger partial charge is 0.462 e. The van der Waals surface area contributed by atoms with Crippen LogP contribution < -0.4 is 5.32 Å². The van der Waals surface area contributed by atoms with Gasteiger partial charge in [-0.25, -0.2) is 0 Å². The molecule has 0 saturated heterocycles. The summed E-state index contributed by atoms with van der Waals surface area (Å²) in [5.41, 5.74) is 0. The molecule has 0 bridgehead atoms. The maximum atomic E-state index is 5.86. The lowest BCUT2D eigenvalue weighted by Crippen LogP contribution is -2.27. The van der Waals surface area contributed by atoms with E-state index in [1.54, 1.807) is 7.11 Å². The Labute approximate surface area is 111 Å². The molecule has 1 N–H and O–H groups in total. The predicted octanol–water partition coefficient (Wildman–Crippen LogP) is 3.90. The highest BCUT2D eigenvalue weighted by atomic mass is 16.5. The molecule has 0 fully saturated rings. The van der Waals surface area contributed by atoms with Crippen LogP contribution in [0.25, 0.3) is 0 Å². The van der Waals surface area contributed by atoms with Crippen LogP contribution in [-0.2, 0) is 11.3 Å². The van der Waals surface area contributed by atoms with Gasteiger partial charge in [0.15, 0.2) is 0 Å². The summed E-state index contributed by atoms with van der Waals surface area (Å²) in [6.07, 6.45) is 3.56. The zero-order valence-electron chi connectivity index (χ0n) is 12.2. The second-order valence-electron chi connectivity index (χ2n) is 4.93. The second-order valence-corrected chi connectivity index (χ2v) is 4.93. The zero-order valence-corrected chi connectivity index (χ0v) is 12.2. The van der Waals surface area contributed by atoms with Crippen molar-refractivity contribution in [2.24, 2.45) is 5.92 Å². The van der Waals surface area contributed by atoms with Crippen LogP contribution in [0, 0.1) is 5.92 Å². The summed E-state index contributed by atoms with van der Waals surface area (Å²) in [6.45, 7) is 8.27. The Morgan fingerprint density at radius 1 is 1.28 bits per heavy atom. The zero-order chi connectivity index (χ0) is 13.4. The minimum absolute atomic E-state index is 0.315. The monoisotopic (exact) mass is 253 g/mol. The molecule has 3 nitrogen and oxygen atoms in total. The third kappa shape index (κ3) is 4.46. The summed E-state index contributed by atoms with van der Waals surface area (Å²) < 4.78 is 11.0. The summed E-state index contributed by atoms with van der Waals surface area (Å²) in [4.78, 5) is 0. The van der Waals surface area contributed by atoms with Crippen LogP contribution >= 0.6 is 0 Å². The Kier molecular flexibility index (Phi) is 7.06. The predicted molar refractivity (Wildman–Crippen MR) is 74.5 cm³/mol.